The fraction of sp³-hybridized carbons (Fsp3) is 0.0938. The van der Waals surface area contributed by atoms with Crippen LogP contribution in [0.25, 0.3) is 6.08 Å². The Hall–Kier alpha value is -5.03. The maximum atomic E-state index is 13.3. The van der Waals surface area contributed by atoms with Gasteiger partial charge < -0.3 is 20.7 Å². The van der Waals surface area contributed by atoms with E-state index in [-0.39, 0.29) is 17.1 Å². The average molecular weight is 606 g/mol. The second kappa shape index (κ2) is 14.2. The SMILES string of the molecule is COc1ccc(/C=C(/NC(=O)c2ccccc2)C(=O)Nc2cccc(SCC(=O)Nc3cccc(C(F)(F)F)c3)c2)cc1. The van der Waals surface area contributed by atoms with Gasteiger partial charge in [0.2, 0.25) is 5.91 Å². The fourth-order valence-corrected chi connectivity index (χ4v) is 4.55. The van der Waals surface area contributed by atoms with E-state index in [1.807, 2.05) is 0 Å². The number of carbonyl (C=O) groups is 3. The molecule has 0 aliphatic rings. The highest BCUT2D eigenvalue weighted by molar-refractivity contribution is 8.00. The van der Waals surface area contributed by atoms with E-state index >= 15 is 0 Å². The molecule has 0 heterocycles. The van der Waals surface area contributed by atoms with Crippen molar-refractivity contribution in [3.63, 3.8) is 0 Å². The van der Waals surface area contributed by atoms with Crippen molar-refractivity contribution in [1.82, 2.24) is 5.32 Å². The van der Waals surface area contributed by atoms with Crippen molar-refractivity contribution in [3.05, 3.63) is 126 Å². The van der Waals surface area contributed by atoms with Gasteiger partial charge >= 0.3 is 6.18 Å². The molecule has 3 amide bonds. The van der Waals surface area contributed by atoms with Crippen molar-refractivity contribution in [3.8, 4) is 5.75 Å². The first-order valence-electron chi connectivity index (χ1n) is 12.8. The summed E-state index contributed by atoms with van der Waals surface area (Å²) in [4.78, 5) is 39.2. The number of hydrogen-bond donors (Lipinski definition) is 3. The van der Waals surface area contributed by atoms with E-state index in [9.17, 15) is 27.6 Å². The van der Waals surface area contributed by atoms with Gasteiger partial charge in [-0.2, -0.15) is 13.2 Å². The number of anilines is 2. The lowest BCUT2D eigenvalue weighted by atomic mass is 10.1. The molecule has 43 heavy (non-hydrogen) atoms. The second-order valence-corrected chi connectivity index (χ2v) is 10.1. The van der Waals surface area contributed by atoms with Crippen molar-refractivity contribution in [2.24, 2.45) is 0 Å². The van der Waals surface area contributed by atoms with Crippen LogP contribution in [0, 0.1) is 0 Å². The van der Waals surface area contributed by atoms with Gasteiger partial charge in [0, 0.05) is 21.8 Å². The molecule has 3 N–H and O–H groups in total. The molecule has 0 unspecified atom stereocenters. The third-order valence-corrected chi connectivity index (χ3v) is 6.88. The first-order valence-corrected chi connectivity index (χ1v) is 13.8. The number of benzene rings is 4. The maximum absolute atomic E-state index is 13.3. The first-order chi connectivity index (χ1) is 20.6. The maximum Gasteiger partial charge on any atom is 0.416 e. The molecule has 0 spiro atoms. The Labute approximate surface area is 250 Å². The summed E-state index contributed by atoms with van der Waals surface area (Å²) in [5, 5.41) is 7.90. The lowest BCUT2D eigenvalue weighted by Crippen LogP contribution is -2.30. The zero-order valence-electron chi connectivity index (χ0n) is 22.8. The number of rotatable bonds is 10. The topological polar surface area (TPSA) is 96.5 Å². The van der Waals surface area contributed by atoms with Crippen molar-refractivity contribution in [2.75, 3.05) is 23.5 Å². The van der Waals surface area contributed by atoms with Crippen LogP contribution in [0.5, 0.6) is 5.75 Å². The van der Waals surface area contributed by atoms with Crippen LogP contribution < -0.4 is 20.7 Å². The first kappa shape index (κ1) is 30.9. The van der Waals surface area contributed by atoms with Crippen LogP contribution >= 0.6 is 11.8 Å². The molecule has 4 aromatic rings. The van der Waals surface area contributed by atoms with Crippen molar-refractivity contribution < 1.29 is 32.3 Å². The van der Waals surface area contributed by atoms with E-state index in [0.717, 1.165) is 23.9 Å². The van der Waals surface area contributed by atoms with Crippen molar-refractivity contribution in [2.45, 2.75) is 11.1 Å². The van der Waals surface area contributed by atoms with E-state index in [2.05, 4.69) is 16.0 Å². The molecule has 220 valence electrons. The number of thioether (sulfide) groups is 1. The highest BCUT2D eigenvalue weighted by atomic mass is 32.2. The Morgan fingerprint density at radius 2 is 1.49 bits per heavy atom. The molecule has 0 aliphatic heterocycles. The zero-order valence-corrected chi connectivity index (χ0v) is 23.6. The molecule has 0 fully saturated rings. The molecule has 0 saturated carbocycles. The third-order valence-electron chi connectivity index (χ3n) is 5.89. The fourth-order valence-electron chi connectivity index (χ4n) is 3.79. The van der Waals surface area contributed by atoms with Gasteiger partial charge in [-0.15, -0.1) is 11.8 Å². The Morgan fingerprint density at radius 3 is 2.16 bits per heavy atom. The molecule has 4 rings (SSSR count). The van der Waals surface area contributed by atoms with Gasteiger partial charge in [0.15, 0.2) is 0 Å². The monoisotopic (exact) mass is 605 g/mol. The predicted octanol–water partition coefficient (Wildman–Crippen LogP) is 6.85. The number of hydrogen-bond acceptors (Lipinski definition) is 5. The van der Waals surface area contributed by atoms with Gasteiger partial charge in [0.1, 0.15) is 11.4 Å². The van der Waals surface area contributed by atoms with E-state index in [1.165, 1.54) is 18.2 Å². The third kappa shape index (κ3) is 9.23. The minimum absolute atomic E-state index is 0.00228. The Balaban J connectivity index is 1.44. The number of alkyl halides is 3. The molecule has 0 radical (unpaired) electrons. The molecule has 4 aromatic carbocycles. The smallest absolute Gasteiger partial charge is 0.416 e. The van der Waals surface area contributed by atoms with E-state index in [0.29, 0.717) is 27.5 Å². The minimum Gasteiger partial charge on any atom is -0.497 e. The highest BCUT2D eigenvalue weighted by Gasteiger charge is 2.30. The van der Waals surface area contributed by atoms with Crippen molar-refractivity contribution in [1.29, 1.82) is 0 Å². The number of halogens is 3. The minimum atomic E-state index is -4.52. The summed E-state index contributed by atoms with van der Waals surface area (Å²) in [5.74, 6) is -0.985. The Bertz CT molecular complexity index is 1630. The predicted molar refractivity (Wildman–Crippen MR) is 161 cm³/mol. The summed E-state index contributed by atoms with van der Waals surface area (Å²) >= 11 is 1.14. The number of carbonyl (C=O) groups excluding carboxylic acids is 3. The number of methoxy groups -OCH3 is 1. The summed E-state index contributed by atoms with van der Waals surface area (Å²) in [6.07, 6.45) is -2.99. The lowest BCUT2D eigenvalue weighted by Gasteiger charge is -2.12. The molecule has 11 heteroatoms. The molecular formula is C32H26F3N3O4S. The van der Waals surface area contributed by atoms with Crippen LogP contribution in [-0.2, 0) is 15.8 Å². The molecule has 0 aromatic heterocycles. The molecule has 0 aliphatic carbocycles. The normalized spacial score (nSPS) is 11.4. The van der Waals surface area contributed by atoms with Crippen molar-refractivity contribution >= 4 is 46.9 Å². The summed E-state index contributed by atoms with van der Waals surface area (Å²) in [5.41, 5.74) is 0.602. The molecular weight excluding hydrogens is 579 g/mol. The van der Waals surface area contributed by atoms with Gasteiger partial charge in [-0.1, -0.05) is 42.5 Å². The van der Waals surface area contributed by atoms with Crippen LogP contribution in [0.15, 0.2) is 114 Å². The van der Waals surface area contributed by atoms with E-state index < -0.39 is 29.5 Å². The van der Waals surface area contributed by atoms with E-state index in [4.69, 9.17) is 4.74 Å². The zero-order chi connectivity index (χ0) is 30.8. The van der Waals surface area contributed by atoms with Gasteiger partial charge in [0.25, 0.3) is 11.8 Å². The Morgan fingerprint density at radius 1 is 0.814 bits per heavy atom. The van der Waals surface area contributed by atoms with Crippen LogP contribution in [0.1, 0.15) is 21.5 Å². The molecule has 7 nitrogen and oxygen atoms in total. The van der Waals surface area contributed by atoms with Gasteiger partial charge in [-0.05, 0) is 72.3 Å². The quantitative estimate of drug-likeness (QED) is 0.136. The summed E-state index contributed by atoms with van der Waals surface area (Å²) in [6.45, 7) is 0. The number of amides is 3. The summed E-state index contributed by atoms with van der Waals surface area (Å²) in [7, 11) is 1.54. The second-order valence-electron chi connectivity index (χ2n) is 9.05. The number of ether oxygens (including phenoxy) is 1. The number of nitrogens with one attached hydrogen (secondary N) is 3. The average Bonchev–Trinajstić information content (AvgIpc) is 3.00. The largest absolute Gasteiger partial charge is 0.497 e. The lowest BCUT2D eigenvalue weighted by molar-refractivity contribution is -0.137. The van der Waals surface area contributed by atoms with Gasteiger partial charge in [0.05, 0.1) is 18.4 Å². The van der Waals surface area contributed by atoms with Crippen LogP contribution in [0.4, 0.5) is 24.5 Å². The molecule has 0 saturated heterocycles. The van der Waals surface area contributed by atoms with Gasteiger partial charge in [-0.25, -0.2) is 0 Å². The van der Waals surface area contributed by atoms with Crippen LogP contribution in [0.2, 0.25) is 0 Å². The van der Waals surface area contributed by atoms with Gasteiger partial charge in [-0.3, -0.25) is 14.4 Å². The highest BCUT2D eigenvalue weighted by Crippen LogP contribution is 2.31. The summed E-state index contributed by atoms with van der Waals surface area (Å²) < 4.78 is 44.0. The molecule has 0 atom stereocenters. The van der Waals surface area contributed by atoms with Crippen LogP contribution in [-0.4, -0.2) is 30.6 Å². The standard InChI is InChI=1S/C32H26F3N3O4S/c1-42-26-15-13-21(14-16-26)17-28(38-30(40)22-7-3-2-4-8-22)31(41)37-25-11-6-12-27(19-25)43-20-29(39)36-24-10-5-9-23(18-24)32(33,34)35/h2-19H,20H2,1H3,(H,36,39)(H,37,41)(H,38,40)/b28-17+. The molecule has 0 bridgehead atoms. The Kier molecular flexibility index (Phi) is 10.2. The van der Waals surface area contributed by atoms with Crippen LogP contribution in [0.3, 0.4) is 0 Å². The summed E-state index contributed by atoms with van der Waals surface area (Å²) in [6, 6.07) is 26.5. The van der Waals surface area contributed by atoms with E-state index in [1.54, 1.807) is 86.0 Å².